The molecule has 0 aliphatic heterocycles. The fourth-order valence-corrected chi connectivity index (χ4v) is 5.44. The van der Waals surface area contributed by atoms with Crippen LogP contribution in [0.2, 0.25) is 0 Å². The van der Waals surface area contributed by atoms with Crippen LogP contribution in [0, 0.1) is 23.2 Å². The highest BCUT2D eigenvalue weighted by atomic mass is 32.2. The molecule has 0 radical (unpaired) electrons. The minimum atomic E-state index is -4.21. The molecule has 0 aromatic rings. The largest absolute Gasteiger partial charge is 0.355 e. The van der Waals surface area contributed by atoms with Crippen LogP contribution in [-0.4, -0.2) is 31.2 Å². The molecule has 0 spiro atoms. The van der Waals surface area contributed by atoms with E-state index in [4.69, 9.17) is 4.55 Å². The molecule has 1 amide bonds. The first kappa shape index (κ1) is 13.4. The van der Waals surface area contributed by atoms with Gasteiger partial charge in [-0.1, -0.05) is 0 Å². The Morgan fingerprint density at radius 1 is 1.11 bits per heavy atom. The molecule has 0 heterocycles. The van der Waals surface area contributed by atoms with Crippen molar-refractivity contribution < 1.29 is 17.8 Å². The standard InChI is InChI=1S/C13H21NO4S/c15-12(7-19(16,17)18)14-8-13-4-9-1-10(5-13)3-11(2-9)6-13/h9-11H,1-8H2,(H,14,15)(H,16,17,18). The SMILES string of the molecule is O=C(CS(=O)(=O)O)NCC12CC3CC(CC(C3)C1)C2. The maximum Gasteiger partial charge on any atom is 0.274 e. The Balaban J connectivity index is 1.59. The van der Waals surface area contributed by atoms with Crippen molar-refractivity contribution in [3.05, 3.63) is 0 Å². The van der Waals surface area contributed by atoms with Crippen LogP contribution in [-0.2, 0) is 14.9 Å². The summed E-state index contributed by atoms with van der Waals surface area (Å²) in [5, 5.41) is 2.72. The van der Waals surface area contributed by atoms with Crippen molar-refractivity contribution in [2.75, 3.05) is 12.3 Å². The lowest BCUT2D eigenvalue weighted by Gasteiger charge is -2.56. The maximum absolute atomic E-state index is 11.5. The topological polar surface area (TPSA) is 83.5 Å². The van der Waals surface area contributed by atoms with Gasteiger partial charge in [-0.05, 0) is 61.7 Å². The van der Waals surface area contributed by atoms with E-state index in [1.54, 1.807) is 0 Å². The summed E-state index contributed by atoms with van der Waals surface area (Å²) in [5.74, 6) is 1.02. The number of hydrogen-bond donors (Lipinski definition) is 2. The van der Waals surface area contributed by atoms with Crippen molar-refractivity contribution in [3.63, 3.8) is 0 Å². The Morgan fingerprint density at radius 3 is 2.00 bits per heavy atom. The van der Waals surface area contributed by atoms with Gasteiger partial charge in [0.05, 0.1) is 0 Å². The molecule has 0 aromatic carbocycles. The van der Waals surface area contributed by atoms with E-state index in [1.165, 1.54) is 38.5 Å². The molecule has 0 aromatic heterocycles. The second-order valence-electron chi connectivity index (χ2n) is 6.92. The highest BCUT2D eigenvalue weighted by molar-refractivity contribution is 7.86. The monoisotopic (exact) mass is 287 g/mol. The van der Waals surface area contributed by atoms with E-state index in [9.17, 15) is 13.2 Å². The third kappa shape index (κ3) is 2.94. The van der Waals surface area contributed by atoms with Gasteiger partial charge in [-0.15, -0.1) is 0 Å². The molecule has 4 rings (SSSR count). The lowest BCUT2D eigenvalue weighted by molar-refractivity contribution is -0.120. The summed E-state index contributed by atoms with van der Waals surface area (Å²) < 4.78 is 30.0. The third-order valence-electron chi connectivity index (χ3n) is 5.14. The lowest BCUT2D eigenvalue weighted by atomic mass is 9.49. The van der Waals surface area contributed by atoms with Crippen LogP contribution < -0.4 is 5.32 Å². The van der Waals surface area contributed by atoms with Crippen molar-refractivity contribution in [2.24, 2.45) is 23.2 Å². The average Bonchev–Trinajstić information content (AvgIpc) is 2.22. The molecule has 5 nitrogen and oxygen atoms in total. The third-order valence-corrected chi connectivity index (χ3v) is 5.77. The van der Waals surface area contributed by atoms with Crippen LogP contribution in [0.25, 0.3) is 0 Å². The molecule has 4 bridgehead atoms. The molecule has 0 unspecified atom stereocenters. The summed E-state index contributed by atoms with van der Waals surface area (Å²) in [7, 11) is -4.21. The first-order valence-corrected chi connectivity index (χ1v) is 8.66. The number of rotatable bonds is 4. The van der Waals surface area contributed by atoms with Crippen LogP contribution in [0.1, 0.15) is 38.5 Å². The summed E-state index contributed by atoms with van der Waals surface area (Å²) in [6.07, 6.45) is 7.55. The van der Waals surface area contributed by atoms with Crippen molar-refractivity contribution in [1.29, 1.82) is 0 Å². The van der Waals surface area contributed by atoms with E-state index in [1.807, 2.05) is 0 Å². The summed E-state index contributed by atoms with van der Waals surface area (Å²) in [4.78, 5) is 11.5. The van der Waals surface area contributed by atoms with Crippen LogP contribution in [0.3, 0.4) is 0 Å². The quantitative estimate of drug-likeness (QED) is 0.761. The van der Waals surface area contributed by atoms with E-state index in [2.05, 4.69) is 5.32 Å². The molecular weight excluding hydrogens is 266 g/mol. The van der Waals surface area contributed by atoms with Crippen molar-refractivity contribution in [2.45, 2.75) is 38.5 Å². The summed E-state index contributed by atoms with van der Waals surface area (Å²) in [6, 6.07) is 0. The van der Waals surface area contributed by atoms with Crippen LogP contribution >= 0.6 is 0 Å². The Kier molecular flexibility index (Phi) is 3.13. The summed E-state index contributed by atoms with van der Waals surface area (Å²) in [6.45, 7) is 0.574. The molecule has 0 saturated heterocycles. The Morgan fingerprint density at radius 2 is 1.58 bits per heavy atom. The van der Waals surface area contributed by atoms with Crippen LogP contribution in [0.4, 0.5) is 0 Å². The number of carbonyl (C=O) groups excluding carboxylic acids is 1. The van der Waals surface area contributed by atoms with Crippen LogP contribution in [0.5, 0.6) is 0 Å². The fourth-order valence-electron chi connectivity index (χ4n) is 5.01. The molecular formula is C13H21NO4S. The van der Waals surface area contributed by atoms with Gasteiger partial charge in [0.2, 0.25) is 5.91 Å². The molecule has 4 saturated carbocycles. The molecule has 19 heavy (non-hydrogen) atoms. The van der Waals surface area contributed by atoms with Crippen LogP contribution in [0.15, 0.2) is 0 Å². The minimum absolute atomic E-state index is 0.198. The number of hydrogen-bond acceptors (Lipinski definition) is 3. The van der Waals surface area contributed by atoms with Gasteiger partial charge in [0.15, 0.2) is 5.75 Å². The average molecular weight is 287 g/mol. The van der Waals surface area contributed by atoms with Gasteiger partial charge in [0, 0.05) is 6.54 Å². The van der Waals surface area contributed by atoms with Gasteiger partial charge in [-0.3, -0.25) is 9.35 Å². The summed E-state index contributed by atoms with van der Waals surface area (Å²) in [5.41, 5.74) is 0.198. The molecule has 6 heteroatoms. The zero-order chi connectivity index (χ0) is 13.7. The Hall–Kier alpha value is -0.620. The van der Waals surface area contributed by atoms with E-state index in [-0.39, 0.29) is 5.41 Å². The van der Waals surface area contributed by atoms with E-state index in [0.717, 1.165) is 17.8 Å². The first-order chi connectivity index (χ1) is 8.84. The van der Waals surface area contributed by atoms with Gasteiger partial charge in [-0.2, -0.15) is 8.42 Å². The van der Waals surface area contributed by atoms with Crippen molar-refractivity contribution in [1.82, 2.24) is 5.32 Å². The molecule has 108 valence electrons. The zero-order valence-electron chi connectivity index (χ0n) is 11.0. The van der Waals surface area contributed by atoms with Gasteiger partial charge < -0.3 is 5.32 Å². The van der Waals surface area contributed by atoms with Crippen molar-refractivity contribution >= 4 is 16.0 Å². The Bertz CT molecular complexity index is 450. The molecule has 4 fully saturated rings. The normalized spacial score (nSPS) is 40.4. The maximum atomic E-state index is 11.5. The fraction of sp³-hybridized carbons (Fsp3) is 0.923. The first-order valence-electron chi connectivity index (χ1n) is 7.05. The minimum Gasteiger partial charge on any atom is -0.355 e. The van der Waals surface area contributed by atoms with Gasteiger partial charge in [-0.25, -0.2) is 0 Å². The van der Waals surface area contributed by atoms with E-state index < -0.39 is 21.8 Å². The number of amides is 1. The smallest absolute Gasteiger partial charge is 0.274 e. The highest BCUT2D eigenvalue weighted by Gasteiger charge is 2.50. The molecule has 4 aliphatic carbocycles. The van der Waals surface area contributed by atoms with Gasteiger partial charge in [0.1, 0.15) is 0 Å². The predicted octanol–water partition coefficient (Wildman–Crippen LogP) is 1.21. The Labute approximate surface area is 113 Å². The zero-order valence-corrected chi connectivity index (χ0v) is 11.8. The second-order valence-corrected chi connectivity index (χ2v) is 8.37. The summed E-state index contributed by atoms with van der Waals surface area (Å²) >= 11 is 0. The molecule has 0 atom stereocenters. The van der Waals surface area contributed by atoms with Crippen molar-refractivity contribution in [3.8, 4) is 0 Å². The lowest BCUT2D eigenvalue weighted by Crippen LogP contribution is -2.51. The van der Waals surface area contributed by atoms with E-state index >= 15 is 0 Å². The number of nitrogens with one attached hydrogen (secondary N) is 1. The van der Waals surface area contributed by atoms with Gasteiger partial charge in [0.25, 0.3) is 10.1 Å². The number of carbonyl (C=O) groups is 1. The van der Waals surface area contributed by atoms with Gasteiger partial charge >= 0.3 is 0 Å². The van der Waals surface area contributed by atoms with E-state index in [0.29, 0.717) is 6.54 Å². The highest BCUT2D eigenvalue weighted by Crippen LogP contribution is 2.59. The predicted molar refractivity (Wildman–Crippen MR) is 70.0 cm³/mol. The molecule has 4 aliphatic rings. The second kappa shape index (κ2) is 4.45. The molecule has 2 N–H and O–H groups in total.